The lowest BCUT2D eigenvalue weighted by Gasteiger charge is -2.24. The van der Waals surface area contributed by atoms with Gasteiger partial charge in [-0.15, -0.1) is 11.8 Å². The Bertz CT molecular complexity index is 384. The van der Waals surface area contributed by atoms with Gasteiger partial charge in [-0.3, -0.25) is 4.90 Å². The Balaban J connectivity index is 2.27. The molecule has 1 aliphatic heterocycles. The molecule has 0 amide bonds. The molecule has 1 aromatic heterocycles. The molecule has 0 aliphatic carbocycles. The zero-order valence-electron chi connectivity index (χ0n) is 11.2. The van der Waals surface area contributed by atoms with Crippen molar-refractivity contribution in [3.63, 3.8) is 0 Å². The maximum absolute atomic E-state index is 4.58. The van der Waals surface area contributed by atoms with E-state index >= 15 is 0 Å². The van der Waals surface area contributed by atoms with Crippen molar-refractivity contribution in [3.05, 3.63) is 23.9 Å². The van der Waals surface area contributed by atoms with Crippen molar-refractivity contribution >= 4 is 11.8 Å². The van der Waals surface area contributed by atoms with E-state index in [4.69, 9.17) is 0 Å². The lowest BCUT2D eigenvalue weighted by atomic mass is 10.1. The molecule has 94 valence electrons. The molecule has 1 fully saturated rings. The predicted molar refractivity (Wildman–Crippen MR) is 74.5 cm³/mol. The molecule has 1 atom stereocenters. The van der Waals surface area contributed by atoms with Crippen molar-refractivity contribution in [1.29, 1.82) is 0 Å². The van der Waals surface area contributed by atoms with Gasteiger partial charge < -0.3 is 0 Å². The fourth-order valence-electron chi connectivity index (χ4n) is 2.34. The molecule has 0 N–H and O–H groups in total. The topological polar surface area (TPSA) is 16.1 Å². The van der Waals surface area contributed by atoms with E-state index in [1.807, 2.05) is 18.0 Å². The van der Waals surface area contributed by atoms with Gasteiger partial charge in [-0.05, 0) is 32.5 Å². The Morgan fingerprint density at radius 3 is 2.76 bits per heavy atom. The first-order valence-electron chi connectivity index (χ1n) is 6.31. The highest BCUT2D eigenvalue weighted by molar-refractivity contribution is 8.00. The van der Waals surface area contributed by atoms with Crippen molar-refractivity contribution in [2.45, 2.75) is 49.4 Å². The minimum absolute atomic E-state index is 0.222. The number of rotatable bonds is 2. The van der Waals surface area contributed by atoms with Gasteiger partial charge in [0.2, 0.25) is 0 Å². The van der Waals surface area contributed by atoms with Crippen LogP contribution in [0.5, 0.6) is 0 Å². The molecule has 0 saturated carbocycles. The summed E-state index contributed by atoms with van der Waals surface area (Å²) in [5.74, 6) is 0. The number of hydrogen-bond acceptors (Lipinski definition) is 3. The average Bonchev–Trinajstić information content (AvgIpc) is 2.63. The van der Waals surface area contributed by atoms with E-state index in [-0.39, 0.29) is 4.75 Å². The van der Waals surface area contributed by atoms with Crippen LogP contribution in [0.1, 0.15) is 45.2 Å². The largest absolute Gasteiger partial charge is 0.299 e. The van der Waals surface area contributed by atoms with Gasteiger partial charge >= 0.3 is 0 Å². The Morgan fingerprint density at radius 2 is 2.18 bits per heavy atom. The number of nitrogens with zero attached hydrogens (tertiary/aromatic N) is 2. The normalized spacial score (nSPS) is 22.0. The van der Waals surface area contributed by atoms with Gasteiger partial charge in [0.25, 0.3) is 0 Å². The van der Waals surface area contributed by atoms with Crippen molar-refractivity contribution < 1.29 is 0 Å². The third kappa shape index (κ3) is 3.23. The van der Waals surface area contributed by atoms with E-state index in [2.05, 4.69) is 49.8 Å². The van der Waals surface area contributed by atoms with Gasteiger partial charge in [0.15, 0.2) is 0 Å². The highest BCUT2D eigenvalue weighted by Gasteiger charge is 2.26. The summed E-state index contributed by atoms with van der Waals surface area (Å²) >= 11 is 1.88. The molecule has 1 saturated heterocycles. The van der Waals surface area contributed by atoms with Gasteiger partial charge in [0, 0.05) is 22.5 Å². The van der Waals surface area contributed by atoms with E-state index in [9.17, 15) is 0 Å². The van der Waals surface area contributed by atoms with Crippen LogP contribution >= 0.6 is 11.8 Å². The van der Waals surface area contributed by atoms with Crippen LogP contribution in [0, 0.1) is 0 Å². The monoisotopic (exact) mass is 250 g/mol. The van der Waals surface area contributed by atoms with Gasteiger partial charge in [-0.25, -0.2) is 4.98 Å². The first-order valence-corrected chi connectivity index (χ1v) is 7.13. The third-order valence-corrected chi connectivity index (χ3v) is 4.23. The third-order valence-electron chi connectivity index (χ3n) is 3.08. The zero-order valence-corrected chi connectivity index (χ0v) is 12.0. The van der Waals surface area contributed by atoms with E-state index in [0.717, 1.165) is 0 Å². The quantitative estimate of drug-likeness (QED) is 0.744. The lowest BCUT2D eigenvalue weighted by Crippen LogP contribution is -2.19. The van der Waals surface area contributed by atoms with Crippen LogP contribution in [-0.4, -0.2) is 28.2 Å². The smallest absolute Gasteiger partial charge is 0.101 e. The van der Waals surface area contributed by atoms with Gasteiger partial charge in [-0.1, -0.05) is 26.8 Å². The first kappa shape index (κ1) is 12.9. The molecule has 2 rings (SSSR count). The van der Waals surface area contributed by atoms with Crippen LogP contribution in [0.4, 0.5) is 0 Å². The number of thioether (sulfide) groups is 1. The van der Waals surface area contributed by atoms with Crippen LogP contribution in [0.2, 0.25) is 0 Å². The highest BCUT2D eigenvalue weighted by Crippen LogP contribution is 2.39. The summed E-state index contributed by atoms with van der Waals surface area (Å²) in [6, 6.07) is 4.87. The molecule has 2 heterocycles. The summed E-state index contributed by atoms with van der Waals surface area (Å²) in [6.07, 6.45) is 4.47. The number of aromatic nitrogens is 1. The fraction of sp³-hybridized carbons (Fsp3) is 0.643. The Morgan fingerprint density at radius 1 is 1.41 bits per heavy atom. The fourth-order valence-corrected chi connectivity index (χ4v) is 3.35. The summed E-state index contributed by atoms with van der Waals surface area (Å²) in [5, 5.41) is 1.21. The number of hydrogen-bond donors (Lipinski definition) is 0. The molecule has 1 aromatic rings. The summed E-state index contributed by atoms with van der Waals surface area (Å²) in [7, 11) is 2.22. The van der Waals surface area contributed by atoms with Crippen LogP contribution in [0.25, 0.3) is 0 Å². The highest BCUT2D eigenvalue weighted by atomic mass is 32.2. The molecule has 0 aromatic carbocycles. The van der Waals surface area contributed by atoms with Gasteiger partial charge in [0.05, 0.1) is 0 Å². The molecule has 0 bridgehead atoms. The van der Waals surface area contributed by atoms with E-state index in [1.165, 1.54) is 30.0 Å². The SMILES string of the molecule is CN1CCC[C@H]1c1cccnc1SC(C)(C)C. The minimum atomic E-state index is 0.222. The molecular formula is C14H22N2S. The second kappa shape index (κ2) is 4.99. The predicted octanol–water partition coefficient (Wildman–Crippen LogP) is 3.74. The molecule has 3 heteroatoms. The minimum Gasteiger partial charge on any atom is -0.299 e. The second-order valence-corrected chi connectivity index (χ2v) is 7.57. The number of likely N-dealkylation sites (tertiary alicyclic amines) is 1. The van der Waals surface area contributed by atoms with E-state index in [1.54, 1.807) is 0 Å². The van der Waals surface area contributed by atoms with Crippen molar-refractivity contribution in [2.75, 3.05) is 13.6 Å². The van der Waals surface area contributed by atoms with Gasteiger partial charge in [-0.2, -0.15) is 0 Å². The van der Waals surface area contributed by atoms with Crippen molar-refractivity contribution in [2.24, 2.45) is 0 Å². The summed E-state index contributed by atoms with van der Waals surface area (Å²) in [6.45, 7) is 7.94. The van der Waals surface area contributed by atoms with Crippen molar-refractivity contribution in [3.8, 4) is 0 Å². The summed E-state index contributed by atoms with van der Waals surface area (Å²) in [4.78, 5) is 7.03. The molecular weight excluding hydrogens is 228 g/mol. The maximum atomic E-state index is 4.58. The van der Waals surface area contributed by atoms with Crippen LogP contribution < -0.4 is 0 Å². The standard InChI is InChI=1S/C14H22N2S/c1-14(2,3)17-13-11(7-5-9-15-13)12-8-6-10-16(12)4/h5,7,9,12H,6,8,10H2,1-4H3/t12-/m0/s1. The molecule has 0 spiro atoms. The Hall–Kier alpha value is -0.540. The second-order valence-electron chi connectivity index (χ2n) is 5.75. The average molecular weight is 250 g/mol. The molecule has 1 aliphatic rings. The molecule has 0 radical (unpaired) electrons. The lowest BCUT2D eigenvalue weighted by molar-refractivity contribution is 0.313. The van der Waals surface area contributed by atoms with Crippen molar-refractivity contribution in [1.82, 2.24) is 9.88 Å². The summed E-state index contributed by atoms with van der Waals surface area (Å²) < 4.78 is 0.222. The molecule has 17 heavy (non-hydrogen) atoms. The van der Waals surface area contributed by atoms with Crippen LogP contribution in [0.3, 0.4) is 0 Å². The van der Waals surface area contributed by atoms with Gasteiger partial charge in [0.1, 0.15) is 5.03 Å². The van der Waals surface area contributed by atoms with E-state index in [0.29, 0.717) is 6.04 Å². The maximum Gasteiger partial charge on any atom is 0.101 e. The first-order chi connectivity index (χ1) is 7.97. The Kier molecular flexibility index (Phi) is 3.79. The number of pyridine rings is 1. The van der Waals surface area contributed by atoms with Crippen LogP contribution in [-0.2, 0) is 0 Å². The van der Waals surface area contributed by atoms with Crippen LogP contribution in [0.15, 0.2) is 23.4 Å². The van der Waals surface area contributed by atoms with E-state index < -0.39 is 0 Å². The Labute approximate surface area is 109 Å². The molecule has 2 nitrogen and oxygen atoms in total. The summed E-state index contributed by atoms with van der Waals surface area (Å²) in [5.41, 5.74) is 1.41. The zero-order chi connectivity index (χ0) is 12.5. The molecule has 0 unspecified atom stereocenters.